The Labute approximate surface area is 103 Å². The minimum atomic E-state index is -0.211. The Balaban J connectivity index is 2.35. The Morgan fingerprint density at radius 2 is 2.12 bits per heavy atom. The molecule has 0 spiro atoms. The van der Waals surface area contributed by atoms with Crippen LogP contribution in [-0.4, -0.2) is 12.6 Å². The van der Waals surface area contributed by atoms with Gasteiger partial charge in [-0.2, -0.15) is 0 Å². The van der Waals surface area contributed by atoms with Crippen LogP contribution in [0.2, 0.25) is 0 Å². The lowest BCUT2D eigenvalue weighted by molar-refractivity contribution is 0.574. The second kappa shape index (κ2) is 8.07. The van der Waals surface area contributed by atoms with Crippen LogP contribution in [0.25, 0.3) is 0 Å². The molecule has 1 atom stereocenters. The largest absolute Gasteiger partial charge is 0.381 e. The average Bonchev–Trinajstić information content (AvgIpc) is 2.33. The first-order valence-electron chi connectivity index (χ1n) is 6.48. The Bertz CT molecular complexity index is 315. The van der Waals surface area contributed by atoms with E-state index in [1.807, 2.05) is 6.07 Å². The zero-order valence-corrected chi connectivity index (χ0v) is 10.6. The number of rotatable bonds is 8. The molecule has 0 aliphatic rings. The second-order valence-electron chi connectivity index (χ2n) is 4.44. The Morgan fingerprint density at radius 1 is 1.29 bits per heavy atom. The molecule has 0 heterocycles. The highest BCUT2D eigenvalue weighted by atomic mass is 19.1. The van der Waals surface area contributed by atoms with Crippen molar-refractivity contribution in [3.8, 4) is 0 Å². The third kappa shape index (κ3) is 5.68. The molecule has 1 aromatic carbocycles. The van der Waals surface area contributed by atoms with Crippen LogP contribution >= 0.6 is 0 Å². The summed E-state index contributed by atoms with van der Waals surface area (Å²) in [7, 11) is 0. The second-order valence-corrected chi connectivity index (χ2v) is 4.44. The molecule has 96 valence electrons. The normalized spacial score (nSPS) is 12.4. The predicted molar refractivity (Wildman–Crippen MR) is 71.6 cm³/mol. The van der Waals surface area contributed by atoms with Gasteiger partial charge in [0.1, 0.15) is 5.82 Å². The van der Waals surface area contributed by atoms with Crippen molar-refractivity contribution in [3.63, 3.8) is 0 Å². The van der Waals surface area contributed by atoms with Crippen LogP contribution < -0.4 is 11.1 Å². The molecule has 0 radical (unpaired) electrons. The van der Waals surface area contributed by atoms with Gasteiger partial charge in [0.05, 0.1) is 0 Å². The number of anilines is 1. The lowest BCUT2D eigenvalue weighted by Crippen LogP contribution is -2.28. The van der Waals surface area contributed by atoms with Gasteiger partial charge in [0.25, 0.3) is 0 Å². The van der Waals surface area contributed by atoms with Gasteiger partial charge in [-0.1, -0.05) is 38.7 Å². The Kier molecular flexibility index (Phi) is 6.63. The summed E-state index contributed by atoms with van der Waals surface area (Å²) in [5, 5.41) is 3.28. The fourth-order valence-electron chi connectivity index (χ4n) is 1.88. The first-order valence-corrected chi connectivity index (χ1v) is 6.48. The minimum absolute atomic E-state index is 0.211. The van der Waals surface area contributed by atoms with E-state index in [-0.39, 0.29) is 11.9 Å². The maximum atomic E-state index is 13.0. The van der Waals surface area contributed by atoms with Gasteiger partial charge in [-0.25, -0.2) is 4.39 Å². The number of unbranched alkanes of at least 4 members (excludes halogenated alkanes) is 3. The van der Waals surface area contributed by atoms with E-state index in [0.29, 0.717) is 6.54 Å². The zero-order valence-electron chi connectivity index (χ0n) is 10.6. The van der Waals surface area contributed by atoms with Gasteiger partial charge >= 0.3 is 0 Å². The molecule has 0 saturated carbocycles. The quantitative estimate of drug-likeness (QED) is 0.680. The summed E-state index contributed by atoms with van der Waals surface area (Å²) in [6, 6.07) is 6.78. The van der Waals surface area contributed by atoms with Crippen LogP contribution in [0.15, 0.2) is 24.3 Å². The fourth-order valence-corrected chi connectivity index (χ4v) is 1.88. The molecule has 1 aromatic rings. The summed E-state index contributed by atoms with van der Waals surface area (Å²) >= 11 is 0. The van der Waals surface area contributed by atoms with E-state index in [1.54, 1.807) is 6.07 Å². The molecule has 0 saturated heterocycles. The first kappa shape index (κ1) is 14.0. The molecule has 0 bridgehead atoms. The van der Waals surface area contributed by atoms with E-state index in [1.165, 1.54) is 37.8 Å². The van der Waals surface area contributed by atoms with Gasteiger partial charge in [0.2, 0.25) is 0 Å². The fraction of sp³-hybridized carbons (Fsp3) is 0.571. The topological polar surface area (TPSA) is 38.0 Å². The van der Waals surface area contributed by atoms with Gasteiger partial charge in [-0.05, 0) is 24.6 Å². The number of hydrogen-bond donors (Lipinski definition) is 2. The van der Waals surface area contributed by atoms with Crippen LogP contribution in [0, 0.1) is 5.82 Å². The summed E-state index contributed by atoms with van der Waals surface area (Å²) in [5.41, 5.74) is 6.53. The van der Waals surface area contributed by atoms with Crippen LogP contribution in [0.3, 0.4) is 0 Å². The molecule has 0 aliphatic heterocycles. The van der Waals surface area contributed by atoms with Gasteiger partial charge in [-0.3, -0.25) is 0 Å². The van der Waals surface area contributed by atoms with Crippen molar-refractivity contribution in [2.45, 2.75) is 45.1 Å². The standard InChI is InChI=1S/C14H23FN2/c1-2-3-4-5-8-14(11-16)17-13-9-6-7-12(15)10-13/h6-7,9-10,14,17H,2-5,8,11,16H2,1H3. The Morgan fingerprint density at radius 3 is 2.76 bits per heavy atom. The van der Waals surface area contributed by atoms with Gasteiger partial charge in [0, 0.05) is 18.3 Å². The highest BCUT2D eigenvalue weighted by molar-refractivity contribution is 5.44. The van der Waals surface area contributed by atoms with Gasteiger partial charge < -0.3 is 11.1 Å². The summed E-state index contributed by atoms with van der Waals surface area (Å²) in [6.07, 6.45) is 5.99. The molecule has 3 N–H and O–H groups in total. The van der Waals surface area contributed by atoms with E-state index in [2.05, 4.69) is 12.2 Å². The van der Waals surface area contributed by atoms with Crippen molar-refractivity contribution in [1.29, 1.82) is 0 Å². The average molecular weight is 238 g/mol. The monoisotopic (exact) mass is 238 g/mol. The third-order valence-corrected chi connectivity index (χ3v) is 2.89. The molecule has 1 unspecified atom stereocenters. The van der Waals surface area contributed by atoms with Crippen LogP contribution in [0.4, 0.5) is 10.1 Å². The maximum Gasteiger partial charge on any atom is 0.125 e. The molecule has 1 rings (SSSR count). The Hall–Kier alpha value is -1.09. The highest BCUT2D eigenvalue weighted by Gasteiger charge is 2.06. The lowest BCUT2D eigenvalue weighted by atomic mass is 10.1. The molecule has 0 aliphatic carbocycles. The van der Waals surface area contributed by atoms with Gasteiger partial charge in [0.15, 0.2) is 0 Å². The van der Waals surface area contributed by atoms with Crippen molar-refractivity contribution in [3.05, 3.63) is 30.1 Å². The molecule has 0 aromatic heterocycles. The SMILES string of the molecule is CCCCCCC(CN)Nc1cccc(F)c1. The molecular weight excluding hydrogens is 215 g/mol. The number of hydrogen-bond acceptors (Lipinski definition) is 2. The number of nitrogens with two attached hydrogens (primary N) is 1. The van der Waals surface area contributed by atoms with E-state index in [4.69, 9.17) is 5.73 Å². The summed E-state index contributed by atoms with van der Waals surface area (Å²) in [6.45, 7) is 2.79. The number of halogens is 1. The van der Waals surface area contributed by atoms with Crippen molar-refractivity contribution >= 4 is 5.69 Å². The van der Waals surface area contributed by atoms with Crippen molar-refractivity contribution in [1.82, 2.24) is 0 Å². The van der Waals surface area contributed by atoms with Crippen molar-refractivity contribution < 1.29 is 4.39 Å². The van der Waals surface area contributed by atoms with Crippen molar-refractivity contribution in [2.75, 3.05) is 11.9 Å². The number of benzene rings is 1. The van der Waals surface area contributed by atoms with Crippen molar-refractivity contribution in [2.24, 2.45) is 5.73 Å². The zero-order chi connectivity index (χ0) is 12.5. The molecule has 0 fully saturated rings. The highest BCUT2D eigenvalue weighted by Crippen LogP contribution is 2.13. The molecule has 0 amide bonds. The first-order chi connectivity index (χ1) is 8.26. The number of nitrogens with one attached hydrogen (secondary N) is 1. The van der Waals surface area contributed by atoms with Crippen LogP contribution in [-0.2, 0) is 0 Å². The molecule has 17 heavy (non-hydrogen) atoms. The molecule has 3 heteroatoms. The van der Waals surface area contributed by atoms with E-state index < -0.39 is 0 Å². The van der Waals surface area contributed by atoms with E-state index in [9.17, 15) is 4.39 Å². The third-order valence-electron chi connectivity index (χ3n) is 2.89. The predicted octanol–water partition coefficient (Wildman–Crippen LogP) is 3.54. The molecule has 2 nitrogen and oxygen atoms in total. The summed E-state index contributed by atoms with van der Waals surface area (Å²) in [4.78, 5) is 0. The summed E-state index contributed by atoms with van der Waals surface area (Å²) in [5.74, 6) is -0.211. The summed E-state index contributed by atoms with van der Waals surface area (Å²) < 4.78 is 13.0. The van der Waals surface area contributed by atoms with Crippen LogP contribution in [0.5, 0.6) is 0 Å². The smallest absolute Gasteiger partial charge is 0.125 e. The van der Waals surface area contributed by atoms with Gasteiger partial charge in [-0.15, -0.1) is 0 Å². The van der Waals surface area contributed by atoms with E-state index >= 15 is 0 Å². The van der Waals surface area contributed by atoms with Crippen LogP contribution in [0.1, 0.15) is 39.0 Å². The lowest BCUT2D eigenvalue weighted by Gasteiger charge is -2.18. The minimum Gasteiger partial charge on any atom is -0.381 e. The maximum absolute atomic E-state index is 13.0. The van der Waals surface area contributed by atoms with E-state index in [0.717, 1.165) is 12.1 Å². The molecular formula is C14H23FN2.